The van der Waals surface area contributed by atoms with Crippen LogP contribution in [0.15, 0.2) is 48.5 Å². The van der Waals surface area contributed by atoms with Gasteiger partial charge in [0, 0.05) is 23.4 Å². The second kappa shape index (κ2) is 11.5. The summed E-state index contributed by atoms with van der Waals surface area (Å²) in [5, 5.41) is 3.69. The van der Waals surface area contributed by atoms with Gasteiger partial charge in [-0.25, -0.2) is 4.39 Å². The monoisotopic (exact) mass is 462 g/mol. The summed E-state index contributed by atoms with van der Waals surface area (Å²) in [6, 6.07) is 13.2. The second-order valence-corrected chi connectivity index (χ2v) is 9.36. The molecule has 1 aliphatic carbocycles. The lowest BCUT2D eigenvalue weighted by atomic mass is 10.1. The molecule has 0 aromatic heterocycles. The lowest BCUT2D eigenvalue weighted by Crippen LogP contribution is -2.50. The third-order valence-electron chi connectivity index (χ3n) is 5.52. The standard InChI is InChI=1S/C24H28ClFN2O2S/c1-17(24(30)27-22-7-2-3-8-22)28(14-19-5-4-6-20(25)13-19)23(29)16-31-15-18-9-11-21(26)12-10-18/h4-6,9-13,17,22H,2-3,7-8,14-16H2,1H3,(H,27,30)/t17-/m0/s1. The molecule has 0 unspecified atom stereocenters. The number of thioether (sulfide) groups is 1. The van der Waals surface area contributed by atoms with E-state index in [1.165, 1.54) is 23.9 Å². The molecule has 0 saturated heterocycles. The summed E-state index contributed by atoms with van der Waals surface area (Å²) in [5.41, 5.74) is 1.83. The molecule has 2 aromatic rings. The highest BCUT2D eigenvalue weighted by Crippen LogP contribution is 2.20. The van der Waals surface area contributed by atoms with Crippen molar-refractivity contribution < 1.29 is 14.0 Å². The molecule has 31 heavy (non-hydrogen) atoms. The number of benzene rings is 2. The fourth-order valence-electron chi connectivity index (χ4n) is 3.73. The second-order valence-electron chi connectivity index (χ2n) is 7.94. The van der Waals surface area contributed by atoms with E-state index in [0.29, 0.717) is 17.3 Å². The van der Waals surface area contributed by atoms with E-state index in [2.05, 4.69) is 5.32 Å². The average molecular weight is 463 g/mol. The molecular formula is C24H28ClFN2O2S. The Kier molecular flexibility index (Phi) is 8.79. The molecule has 2 aromatic carbocycles. The summed E-state index contributed by atoms with van der Waals surface area (Å²) >= 11 is 7.57. The van der Waals surface area contributed by atoms with Crippen molar-refractivity contribution >= 4 is 35.2 Å². The van der Waals surface area contributed by atoms with Crippen LogP contribution in [-0.2, 0) is 21.9 Å². The summed E-state index contributed by atoms with van der Waals surface area (Å²) in [6.45, 7) is 2.09. The Morgan fingerprint density at radius 3 is 2.55 bits per heavy atom. The first-order valence-corrected chi connectivity index (χ1v) is 12.1. The van der Waals surface area contributed by atoms with E-state index in [1.807, 2.05) is 18.2 Å². The van der Waals surface area contributed by atoms with Gasteiger partial charge in [-0.05, 0) is 55.2 Å². The molecule has 4 nitrogen and oxygen atoms in total. The Balaban J connectivity index is 1.65. The van der Waals surface area contributed by atoms with Gasteiger partial charge in [-0.15, -0.1) is 11.8 Å². The van der Waals surface area contributed by atoms with Crippen LogP contribution in [0.4, 0.5) is 4.39 Å². The average Bonchev–Trinajstić information content (AvgIpc) is 3.26. The van der Waals surface area contributed by atoms with Crippen LogP contribution in [0.1, 0.15) is 43.7 Å². The van der Waals surface area contributed by atoms with Crippen LogP contribution < -0.4 is 5.32 Å². The van der Waals surface area contributed by atoms with Crippen LogP contribution in [0, 0.1) is 5.82 Å². The molecule has 0 aliphatic heterocycles. The van der Waals surface area contributed by atoms with Gasteiger partial charge in [-0.3, -0.25) is 9.59 Å². The Labute approximate surface area is 192 Å². The van der Waals surface area contributed by atoms with Crippen LogP contribution in [0.2, 0.25) is 5.02 Å². The first kappa shape index (κ1) is 23.6. The normalized spacial score (nSPS) is 14.9. The van der Waals surface area contributed by atoms with Gasteiger partial charge in [-0.1, -0.05) is 48.7 Å². The number of nitrogens with zero attached hydrogens (tertiary/aromatic N) is 1. The smallest absolute Gasteiger partial charge is 0.242 e. The van der Waals surface area contributed by atoms with Gasteiger partial charge in [0.25, 0.3) is 0 Å². The number of rotatable bonds is 9. The zero-order chi connectivity index (χ0) is 22.2. The molecule has 1 aliphatic rings. The molecule has 1 fully saturated rings. The lowest BCUT2D eigenvalue weighted by molar-refractivity contribution is -0.138. The molecule has 0 heterocycles. The number of hydrogen-bond acceptors (Lipinski definition) is 3. The van der Waals surface area contributed by atoms with Crippen molar-refractivity contribution in [3.05, 3.63) is 70.5 Å². The highest BCUT2D eigenvalue weighted by Gasteiger charge is 2.28. The predicted molar refractivity (Wildman–Crippen MR) is 124 cm³/mol. The highest BCUT2D eigenvalue weighted by atomic mass is 35.5. The van der Waals surface area contributed by atoms with Gasteiger partial charge in [0.05, 0.1) is 5.75 Å². The third kappa shape index (κ3) is 7.25. The van der Waals surface area contributed by atoms with Crippen molar-refractivity contribution in [2.75, 3.05) is 5.75 Å². The van der Waals surface area contributed by atoms with Gasteiger partial charge < -0.3 is 10.2 Å². The molecule has 1 atom stereocenters. The fourth-order valence-corrected chi connectivity index (χ4v) is 4.81. The van der Waals surface area contributed by atoms with Gasteiger partial charge in [-0.2, -0.15) is 0 Å². The van der Waals surface area contributed by atoms with Crippen molar-refractivity contribution in [2.24, 2.45) is 0 Å². The maximum atomic E-state index is 13.1. The third-order valence-corrected chi connectivity index (χ3v) is 6.74. The van der Waals surface area contributed by atoms with E-state index in [4.69, 9.17) is 11.6 Å². The van der Waals surface area contributed by atoms with Crippen LogP contribution in [0.5, 0.6) is 0 Å². The minimum absolute atomic E-state index is 0.110. The molecule has 0 spiro atoms. The lowest BCUT2D eigenvalue weighted by Gasteiger charge is -2.29. The SMILES string of the molecule is C[C@@H](C(=O)NC1CCCC1)N(Cc1cccc(Cl)c1)C(=O)CSCc1ccc(F)cc1. The van der Waals surface area contributed by atoms with E-state index in [-0.39, 0.29) is 29.4 Å². The number of carbonyl (C=O) groups excluding carboxylic acids is 2. The Hall–Kier alpha value is -2.05. The van der Waals surface area contributed by atoms with Crippen LogP contribution in [-0.4, -0.2) is 34.6 Å². The maximum absolute atomic E-state index is 13.1. The maximum Gasteiger partial charge on any atom is 0.242 e. The number of nitrogens with one attached hydrogen (secondary N) is 1. The van der Waals surface area contributed by atoms with Gasteiger partial charge in [0.15, 0.2) is 0 Å². The highest BCUT2D eigenvalue weighted by molar-refractivity contribution is 7.99. The minimum Gasteiger partial charge on any atom is -0.352 e. The minimum atomic E-state index is -0.585. The van der Waals surface area contributed by atoms with Crippen molar-refractivity contribution in [1.29, 1.82) is 0 Å². The van der Waals surface area contributed by atoms with E-state index in [0.717, 1.165) is 36.8 Å². The molecule has 1 saturated carbocycles. The first-order chi connectivity index (χ1) is 14.9. The molecule has 7 heteroatoms. The topological polar surface area (TPSA) is 49.4 Å². The van der Waals surface area contributed by atoms with E-state index >= 15 is 0 Å². The van der Waals surface area contributed by atoms with Crippen molar-refractivity contribution in [2.45, 2.75) is 57.0 Å². The molecule has 0 radical (unpaired) electrons. The number of carbonyl (C=O) groups is 2. The summed E-state index contributed by atoms with van der Waals surface area (Å²) in [7, 11) is 0. The van der Waals surface area contributed by atoms with Crippen LogP contribution in [0.3, 0.4) is 0 Å². The summed E-state index contributed by atoms with van der Waals surface area (Å²) < 4.78 is 13.1. The zero-order valence-electron chi connectivity index (χ0n) is 17.7. The Morgan fingerprint density at radius 1 is 1.16 bits per heavy atom. The summed E-state index contributed by atoms with van der Waals surface area (Å²) in [4.78, 5) is 27.6. The number of hydrogen-bond donors (Lipinski definition) is 1. The van der Waals surface area contributed by atoms with Crippen molar-refractivity contribution in [1.82, 2.24) is 10.2 Å². The van der Waals surface area contributed by atoms with Gasteiger partial charge >= 0.3 is 0 Å². The predicted octanol–water partition coefficient (Wildman–Crippen LogP) is 5.19. The first-order valence-electron chi connectivity index (χ1n) is 10.6. The molecular weight excluding hydrogens is 435 g/mol. The fraction of sp³-hybridized carbons (Fsp3) is 0.417. The molecule has 2 amide bonds. The quantitative estimate of drug-likeness (QED) is 0.558. The molecule has 1 N–H and O–H groups in total. The number of amides is 2. The summed E-state index contributed by atoms with van der Waals surface area (Å²) in [5.74, 6) is 0.324. The zero-order valence-corrected chi connectivity index (χ0v) is 19.2. The largest absolute Gasteiger partial charge is 0.352 e. The Bertz CT molecular complexity index is 887. The van der Waals surface area contributed by atoms with Gasteiger partial charge in [0.2, 0.25) is 11.8 Å². The van der Waals surface area contributed by atoms with Crippen molar-refractivity contribution in [3.8, 4) is 0 Å². The van der Waals surface area contributed by atoms with E-state index < -0.39 is 6.04 Å². The van der Waals surface area contributed by atoms with E-state index in [9.17, 15) is 14.0 Å². The summed E-state index contributed by atoms with van der Waals surface area (Å²) in [6.07, 6.45) is 4.25. The molecule has 3 rings (SSSR count). The Morgan fingerprint density at radius 2 is 1.87 bits per heavy atom. The van der Waals surface area contributed by atoms with Gasteiger partial charge in [0.1, 0.15) is 11.9 Å². The molecule has 166 valence electrons. The number of halogens is 2. The van der Waals surface area contributed by atoms with Crippen molar-refractivity contribution in [3.63, 3.8) is 0 Å². The van der Waals surface area contributed by atoms with Crippen LogP contribution >= 0.6 is 23.4 Å². The van der Waals surface area contributed by atoms with E-state index in [1.54, 1.807) is 30.0 Å². The molecule has 0 bridgehead atoms. The van der Waals surface area contributed by atoms with Crippen LogP contribution in [0.25, 0.3) is 0 Å².